The highest BCUT2D eigenvalue weighted by molar-refractivity contribution is 7.98. The van der Waals surface area contributed by atoms with E-state index in [4.69, 9.17) is 10.00 Å². The highest BCUT2D eigenvalue weighted by atomic mass is 32.2. The Morgan fingerprint density at radius 1 is 1.53 bits per heavy atom. The van der Waals surface area contributed by atoms with Gasteiger partial charge in [-0.1, -0.05) is 6.07 Å². The molecule has 1 aliphatic rings. The molecule has 0 radical (unpaired) electrons. The van der Waals surface area contributed by atoms with Gasteiger partial charge in [-0.05, 0) is 42.5 Å². The van der Waals surface area contributed by atoms with Gasteiger partial charge >= 0.3 is 0 Å². The number of nitriles is 1. The Balaban J connectivity index is 1.89. The SMILES string of the molecule is COc1ccc(CSCC2CNC2)cc1C#N. The fourth-order valence-corrected chi connectivity index (χ4v) is 2.84. The number of methoxy groups -OCH3 is 1. The largest absolute Gasteiger partial charge is 0.495 e. The summed E-state index contributed by atoms with van der Waals surface area (Å²) in [6.07, 6.45) is 0. The highest BCUT2D eigenvalue weighted by Crippen LogP contribution is 2.23. The van der Waals surface area contributed by atoms with Gasteiger partial charge in [-0.25, -0.2) is 0 Å². The molecule has 4 heteroatoms. The lowest BCUT2D eigenvalue weighted by Crippen LogP contribution is -2.43. The van der Waals surface area contributed by atoms with Crippen molar-refractivity contribution in [1.29, 1.82) is 5.26 Å². The van der Waals surface area contributed by atoms with Gasteiger partial charge in [0.1, 0.15) is 11.8 Å². The van der Waals surface area contributed by atoms with Crippen LogP contribution >= 0.6 is 11.8 Å². The second-order valence-corrected chi connectivity index (χ2v) is 5.22. The molecule has 1 aromatic rings. The highest BCUT2D eigenvalue weighted by Gasteiger charge is 2.16. The molecule has 1 aliphatic heterocycles. The van der Waals surface area contributed by atoms with Gasteiger partial charge in [-0.3, -0.25) is 0 Å². The van der Waals surface area contributed by atoms with E-state index in [-0.39, 0.29) is 0 Å². The Kier molecular flexibility index (Phi) is 4.29. The van der Waals surface area contributed by atoms with Crippen LogP contribution in [0.5, 0.6) is 5.75 Å². The van der Waals surface area contributed by atoms with Crippen LogP contribution in [0.25, 0.3) is 0 Å². The molecule has 17 heavy (non-hydrogen) atoms. The zero-order valence-electron chi connectivity index (χ0n) is 9.90. The quantitative estimate of drug-likeness (QED) is 0.866. The number of nitrogens with zero attached hydrogens (tertiary/aromatic N) is 1. The molecule has 90 valence electrons. The first-order valence-electron chi connectivity index (χ1n) is 5.69. The molecule has 0 aromatic heterocycles. The van der Waals surface area contributed by atoms with E-state index in [0.717, 1.165) is 24.8 Å². The summed E-state index contributed by atoms with van der Waals surface area (Å²) in [5.41, 5.74) is 1.82. The standard InChI is InChI=1S/C13H16N2OS/c1-16-13-3-2-10(4-12(13)5-14)8-17-9-11-6-15-7-11/h2-4,11,15H,6-9H2,1H3. The average molecular weight is 248 g/mol. The van der Waals surface area contributed by atoms with Crippen molar-refractivity contribution in [2.45, 2.75) is 5.75 Å². The van der Waals surface area contributed by atoms with Crippen molar-refractivity contribution in [3.8, 4) is 11.8 Å². The zero-order chi connectivity index (χ0) is 12.1. The van der Waals surface area contributed by atoms with Gasteiger partial charge in [0.05, 0.1) is 12.7 Å². The third kappa shape index (κ3) is 3.15. The van der Waals surface area contributed by atoms with Gasteiger partial charge < -0.3 is 10.1 Å². The summed E-state index contributed by atoms with van der Waals surface area (Å²) in [7, 11) is 1.59. The first-order chi connectivity index (χ1) is 8.33. The molecule has 0 aliphatic carbocycles. The van der Waals surface area contributed by atoms with Crippen molar-refractivity contribution in [3.63, 3.8) is 0 Å². The summed E-state index contributed by atoms with van der Waals surface area (Å²) in [6, 6.07) is 7.99. The number of hydrogen-bond donors (Lipinski definition) is 1. The molecule has 0 amide bonds. The number of hydrogen-bond acceptors (Lipinski definition) is 4. The van der Waals surface area contributed by atoms with Gasteiger partial charge in [0.2, 0.25) is 0 Å². The normalized spacial score (nSPS) is 15.1. The molecule has 1 aromatic carbocycles. The zero-order valence-corrected chi connectivity index (χ0v) is 10.7. The molecule has 0 saturated carbocycles. The fourth-order valence-electron chi connectivity index (χ4n) is 1.74. The molecule has 2 rings (SSSR count). The molecule has 0 spiro atoms. The van der Waals surface area contributed by atoms with E-state index in [1.165, 1.54) is 11.3 Å². The molecule has 1 fully saturated rings. The lowest BCUT2D eigenvalue weighted by molar-refractivity contribution is 0.385. The predicted molar refractivity (Wildman–Crippen MR) is 70.2 cm³/mol. The summed E-state index contributed by atoms with van der Waals surface area (Å²) in [5, 5.41) is 12.3. The molecule has 3 nitrogen and oxygen atoms in total. The van der Waals surface area contributed by atoms with E-state index >= 15 is 0 Å². The van der Waals surface area contributed by atoms with Gasteiger partial charge in [-0.15, -0.1) is 0 Å². The maximum Gasteiger partial charge on any atom is 0.136 e. The van der Waals surface area contributed by atoms with Crippen molar-refractivity contribution < 1.29 is 4.74 Å². The average Bonchev–Trinajstić information content (AvgIpc) is 2.32. The van der Waals surface area contributed by atoms with Crippen LogP contribution in [0.15, 0.2) is 18.2 Å². The Labute approximate surface area is 106 Å². The second-order valence-electron chi connectivity index (χ2n) is 4.19. The molecule has 1 saturated heterocycles. The number of ether oxygens (including phenoxy) is 1. The van der Waals surface area contributed by atoms with E-state index in [0.29, 0.717) is 11.3 Å². The van der Waals surface area contributed by atoms with Gasteiger partial charge in [-0.2, -0.15) is 17.0 Å². The first kappa shape index (κ1) is 12.3. The summed E-state index contributed by atoms with van der Waals surface area (Å²) in [6.45, 7) is 2.30. The Morgan fingerprint density at radius 2 is 2.35 bits per heavy atom. The number of thioether (sulfide) groups is 1. The number of benzene rings is 1. The summed E-state index contributed by atoms with van der Waals surface area (Å²) >= 11 is 1.93. The molecule has 0 unspecified atom stereocenters. The fraction of sp³-hybridized carbons (Fsp3) is 0.462. The molecule has 0 atom stereocenters. The van der Waals surface area contributed by atoms with Crippen LogP contribution in [-0.4, -0.2) is 26.0 Å². The van der Waals surface area contributed by atoms with Crippen LogP contribution in [0, 0.1) is 17.2 Å². The van der Waals surface area contributed by atoms with Crippen molar-refractivity contribution in [2.24, 2.45) is 5.92 Å². The Hall–Kier alpha value is -1.18. The maximum absolute atomic E-state index is 8.99. The maximum atomic E-state index is 8.99. The van der Waals surface area contributed by atoms with Crippen molar-refractivity contribution in [1.82, 2.24) is 5.32 Å². The van der Waals surface area contributed by atoms with Crippen molar-refractivity contribution in [3.05, 3.63) is 29.3 Å². The van der Waals surface area contributed by atoms with Gasteiger partial charge in [0, 0.05) is 5.75 Å². The Bertz CT molecular complexity index is 424. The van der Waals surface area contributed by atoms with Crippen LogP contribution < -0.4 is 10.1 Å². The smallest absolute Gasteiger partial charge is 0.136 e. The minimum atomic E-state index is 0.621. The van der Waals surface area contributed by atoms with Crippen LogP contribution in [-0.2, 0) is 5.75 Å². The van der Waals surface area contributed by atoms with E-state index in [2.05, 4.69) is 11.4 Å². The number of nitrogens with one attached hydrogen (secondary N) is 1. The summed E-state index contributed by atoms with van der Waals surface area (Å²) in [4.78, 5) is 0. The predicted octanol–water partition coefficient (Wildman–Crippen LogP) is 2.02. The lowest BCUT2D eigenvalue weighted by Gasteiger charge is -2.26. The van der Waals surface area contributed by atoms with Gasteiger partial charge in [0.25, 0.3) is 0 Å². The van der Waals surface area contributed by atoms with Crippen LogP contribution in [0.2, 0.25) is 0 Å². The molecule has 1 N–H and O–H groups in total. The van der Waals surface area contributed by atoms with E-state index in [1.54, 1.807) is 7.11 Å². The Morgan fingerprint density at radius 3 is 2.94 bits per heavy atom. The summed E-state index contributed by atoms with van der Waals surface area (Å²) < 4.78 is 5.12. The second kappa shape index (κ2) is 5.95. The minimum Gasteiger partial charge on any atom is -0.495 e. The van der Waals surface area contributed by atoms with Gasteiger partial charge in [0.15, 0.2) is 0 Å². The molecule has 1 heterocycles. The monoisotopic (exact) mass is 248 g/mol. The lowest BCUT2D eigenvalue weighted by atomic mass is 10.1. The minimum absolute atomic E-state index is 0.621. The molecular formula is C13H16N2OS. The number of rotatable bonds is 5. The van der Waals surface area contributed by atoms with Crippen LogP contribution in [0.4, 0.5) is 0 Å². The van der Waals surface area contributed by atoms with Crippen molar-refractivity contribution >= 4 is 11.8 Å². The van der Waals surface area contributed by atoms with Crippen LogP contribution in [0.1, 0.15) is 11.1 Å². The van der Waals surface area contributed by atoms with Crippen LogP contribution in [0.3, 0.4) is 0 Å². The topological polar surface area (TPSA) is 45.0 Å². The summed E-state index contributed by atoms with van der Waals surface area (Å²) in [5.74, 6) is 3.65. The third-order valence-corrected chi connectivity index (χ3v) is 4.12. The molecule has 0 bridgehead atoms. The van der Waals surface area contributed by atoms with Crippen molar-refractivity contribution in [2.75, 3.05) is 26.0 Å². The first-order valence-corrected chi connectivity index (χ1v) is 6.84. The van der Waals surface area contributed by atoms with E-state index in [9.17, 15) is 0 Å². The van der Waals surface area contributed by atoms with E-state index in [1.807, 2.05) is 30.0 Å². The molecular weight excluding hydrogens is 232 g/mol. The van der Waals surface area contributed by atoms with E-state index < -0.39 is 0 Å². The third-order valence-electron chi connectivity index (χ3n) is 2.87.